The Bertz CT molecular complexity index is 599. The largest absolute Gasteiger partial charge is 0.349 e. The van der Waals surface area contributed by atoms with E-state index in [-0.39, 0.29) is 16.8 Å². The van der Waals surface area contributed by atoms with E-state index in [1.165, 1.54) is 35.8 Å². The maximum absolute atomic E-state index is 12.2. The van der Waals surface area contributed by atoms with Crippen LogP contribution >= 0.6 is 11.3 Å². The van der Waals surface area contributed by atoms with Crippen molar-refractivity contribution in [3.05, 3.63) is 15.8 Å². The molecule has 0 radical (unpaired) electrons. The summed E-state index contributed by atoms with van der Waals surface area (Å²) in [5, 5.41) is 2.98. The van der Waals surface area contributed by atoms with Crippen LogP contribution in [-0.2, 0) is 10.0 Å². The number of rotatable bonds is 4. The fraction of sp³-hybridized carbons (Fsp3) is 0.615. The summed E-state index contributed by atoms with van der Waals surface area (Å²) < 4.78 is 25.4. The van der Waals surface area contributed by atoms with Gasteiger partial charge >= 0.3 is 0 Å². The zero-order chi connectivity index (χ0) is 14.9. The lowest BCUT2D eigenvalue weighted by molar-refractivity contribution is 0.0942. The van der Waals surface area contributed by atoms with Crippen molar-refractivity contribution in [3.63, 3.8) is 0 Å². The Kier molecular flexibility index (Phi) is 4.51. The highest BCUT2D eigenvalue weighted by Gasteiger charge is 2.25. The van der Waals surface area contributed by atoms with Gasteiger partial charge in [-0.2, -0.15) is 0 Å². The van der Waals surface area contributed by atoms with Gasteiger partial charge in [0.25, 0.3) is 5.91 Å². The molecular formula is C13H20N2O3S2. The van der Waals surface area contributed by atoms with Crippen LogP contribution in [0.15, 0.2) is 11.0 Å². The molecule has 0 atom stereocenters. The smallest absolute Gasteiger partial charge is 0.261 e. The van der Waals surface area contributed by atoms with Crippen molar-refractivity contribution in [2.24, 2.45) is 0 Å². The van der Waals surface area contributed by atoms with Crippen LogP contribution in [0.4, 0.5) is 0 Å². The molecule has 0 aliphatic heterocycles. The van der Waals surface area contributed by atoms with Gasteiger partial charge in [-0.1, -0.05) is 12.8 Å². The van der Waals surface area contributed by atoms with Gasteiger partial charge in [0.2, 0.25) is 10.0 Å². The highest BCUT2D eigenvalue weighted by atomic mass is 32.2. The van der Waals surface area contributed by atoms with Crippen LogP contribution in [0.2, 0.25) is 0 Å². The lowest BCUT2D eigenvalue weighted by Crippen LogP contribution is -2.32. The minimum atomic E-state index is -3.48. The molecule has 1 aromatic rings. The number of sulfonamides is 1. The van der Waals surface area contributed by atoms with Gasteiger partial charge in [0.1, 0.15) is 0 Å². The second-order valence-electron chi connectivity index (χ2n) is 5.27. The van der Waals surface area contributed by atoms with E-state index in [4.69, 9.17) is 0 Å². The topological polar surface area (TPSA) is 66.5 Å². The van der Waals surface area contributed by atoms with Crippen molar-refractivity contribution in [2.45, 2.75) is 43.5 Å². The van der Waals surface area contributed by atoms with Gasteiger partial charge in [0.05, 0.1) is 9.77 Å². The molecule has 0 bridgehead atoms. The average molecular weight is 316 g/mol. The van der Waals surface area contributed by atoms with Crippen LogP contribution < -0.4 is 5.32 Å². The first kappa shape index (κ1) is 15.5. The normalized spacial score (nSPS) is 16.8. The number of carbonyl (C=O) groups is 1. The van der Waals surface area contributed by atoms with E-state index in [1.807, 2.05) is 0 Å². The Balaban J connectivity index is 2.20. The minimum absolute atomic E-state index is 0.162. The number of thiophene rings is 1. The number of nitrogens with zero attached hydrogens (tertiary/aromatic N) is 1. The molecule has 2 rings (SSSR count). The SMILES string of the molecule is Cc1sc(C(=O)NC2CCCC2)cc1S(=O)(=O)N(C)C. The van der Waals surface area contributed by atoms with Gasteiger partial charge in [0, 0.05) is 25.0 Å². The van der Waals surface area contributed by atoms with Gasteiger partial charge < -0.3 is 5.32 Å². The molecule has 5 nitrogen and oxygen atoms in total. The lowest BCUT2D eigenvalue weighted by atomic mass is 10.2. The maximum Gasteiger partial charge on any atom is 0.261 e. The number of hydrogen-bond donors (Lipinski definition) is 1. The molecule has 1 saturated carbocycles. The predicted octanol–water partition coefficient (Wildman–Crippen LogP) is 1.98. The monoisotopic (exact) mass is 316 g/mol. The van der Waals surface area contributed by atoms with Crippen LogP contribution in [0.3, 0.4) is 0 Å². The molecule has 0 aromatic carbocycles. The summed E-state index contributed by atoms with van der Waals surface area (Å²) in [6.45, 7) is 1.73. The first-order chi connectivity index (χ1) is 9.32. The molecular weight excluding hydrogens is 296 g/mol. The molecule has 20 heavy (non-hydrogen) atoms. The number of carbonyl (C=O) groups excluding carboxylic acids is 1. The van der Waals surface area contributed by atoms with Crippen LogP contribution in [-0.4, -0.2) is 38.8 Å². The Hall–Kier alpha value is -0.920. The fourth-order valence-corrected chi connectivity index (χ4v) is 4.71. The predicted molar refractivity (Wildman–Crippen MR) is 79.7 cm³/mol. The Morgan fingerprint density at radius 1 is 1.35 bits per heavy atom. The summed E-state index contributed by atoms with van der Waals surface area (Å²) in [5.74, 6) is -0.162. The molecule has 1 aromatic heterocycles. The molecule has 112 valence electrons. The van der Waals surface area contributed by atoms with Crippen LogP contribution in [0.1, 0.15) is 40.2 Å². The minimum Gasteiger partial charge on any atom is -0.349 e. The molecule has 1 amide bonds. The van der Waals surface area contributed by atoms with E-state index in [0.29, 0.717) is 9.75 Å². The Morgan fingerprint density at radius 2 is 1.95 bits per heavy atom. The average Bonchev–Trinajstić information content (AvgIpc) is 2.98. The Labute approximate surface area is 124 Å². The standard InChI is InChI=1S/C13H20N2O3S2/c1-9-12(20(17,18)15(2)3)8-11(19-9)13(16)14-10-6-4-5-7-10/h8,10H,4-7H2,1-3H3,(H,14,16). The zero-order valence-corrected chi connectivity index (χ0v) is 13.6. The van der Waals surface area contributed by atoms with E-state index in [2.05, 4.69) is 5.32 Å². The summed E-state index contributed by atoms with van der Waals surface area (Å²) >= 11 is 1.23. The first-order valence-corrected chi connectivity index (χ1v) is 8.92. The quantitative estimate of drug-likeness (QED) is 0.923. The van der Waals surface area contributed by atoms with Gasteiger partial charge in [-0.25, -0.2) is 12.7 Å². The zero-order valence-electron chi connectivity index (χ0n) is 12.0. The van der Waals surface area contributed by atoms with Crippen molar-refractivity contribution >= 4 is 27.3 Å². The molecule has 1 aliphatic carbocycles. The summed E-state index contributed by atoms with van der Waals surface area (Å²) in [7, 11) is -0.502. The second kappa shape index (κ2) is 5.83. The van der Waals surface area contributed by atoms with Gasteiger partial charge in [0.15, 0.2) is 0 Å². The van der Waals surface area contributed by atoms with E-state index in [9.17, 15) is 13.2 Å². The van der Waals surface area contributed by atoms with Gasteiger partial charge in [-0.15, -0.1) is 11.3 Å². The van der Waals surface area contributed by atoms with Crippen molar-refractivity contribution < 1.29 is 13.2 Å². The number of aryl methyl sites for hydroxylation is 1. The number of hydrogen-bond acceptors (Lipinski definition) is 4. The van der Waals surface area contributed by atoms with Crippen molar-refractivity contribution in [2.75, 3.05) is 14.1 Å². The second-order valence-corrected chi connectivity index (χ2v) is 8.65. The molecule has 1 N–H and O–H groups in total. The molecule has 1 heterocycles. The molecule has 0 saturated heterocycles. The number of nitrogens with one attached hydrogen (secondary N) is 1. The third-order valence-corrected chi connectivity index (χ3v) is 6.66. The summed E-state index contributed by atoms with van der Waals surface area (Å²) in [4.78, 5) is 13.5. The Morgan fingerprint density at radius 3 is 2.50 bits per heavy atom. The van der Waals surface area contributed by atoms with Crippen LogP contribution in [0.5, 0.6) is 0 Å². The first-order valence-electron chi connectivity index (χ1n) is 6.66. The molecule has 1 fully saturated rings. The van der Waals surface area contributed by atoms with Crippen molar-refractivity contribution in [1.82, 2.24) is 9.62 Å². The van der Waals surface area contributed by atoms with Crippen molar-refractivity contribution in [1.29, 1.82) is 0 Å². The maximum atomic E-state index is 12.2. The number of amides is 1. The van der Waals surface area contributed by atoms with Crippen molar-refractivity contribution in [3.8, 4) is 0 Å². The molecule has 0 spiro atoms. The van der Waals surface area contributed by atoms with E-state index < -0.39 is 10.0 Å². The van der Waals surface area contributed by atoms with E-state index in [1.54, 1.807) is 6.92 Å². The van der Waals surface area contributed by atoms with E-state index >= 15 is 0 Å². The highest BCUT2D eigenvalue weighted by Crippen LogP contribution is 2.28. The summed E-state index contributed by atoms with van der Waals surface area (Å²) in [5.41, 5.74) is 0. The van der Waals surface area contributed by atoms with E-state index in [0.717, 1.165) is 25.7 Å². The molecule has 1 aliphatic rings. The highest BCUT2D eigenvalue weighted by molar-refractivity contribution is 7.89. The van der Waals surface area contributed by atoms with Crippen LogP contribution in [0, 0.1) is 6.92 Å². The van der Waals surface area contributed by atoms with Crippen LogP contribution in [0.25, 0.3) is 0 Å². The fourth-order valence-electron chi connectivity index (χ4n) is 2.36. The summed E-state index contributed by atoms with van der Waals surface area (Å²) in [6.07, 6.45) is 4.32. The third kappa shape index (κ3) is 3.05. The summed E-state index contributed by atoms with van der Waals surface area (Å²) in [6, 6.07) is 1.72. The van der Waals surface area contributed by atoms with Gasteiger partial charge in [-0.05, 0) is 25.8 Å². The molecule has 7 heteroatoms. The third-order valence-electron chi connectivity index (χ3n) is 3.55. The van der Waals surface area contributed by atoms with Gasteiger partial charge in [-0.3, -0.25) is 4.79 Å². The molecule has 0 unspecified atom stereocenters. The lowest BCUT2D eigenvalue weighted by Gasteiger charge is -2.11.